The van der Waals surface area contributed by atoms with Crippen molar-refractivity contribution in [1.82, 2.24) is 0 Å². The number of hydrogen-bond donors (Lipinski definition) is 0. The average molecular weight is 511 g/mol. The number of hydrogen-bond acceptors (Lipinski definition) is 2. The first-order valence-electron chi connectivity index (χ1n) is 10.5. The third-order valence-electron chi connectivity index (χ3n) is 6.35. The van der Waals surface area contributed by atoms with Gasteiger partial charge in [0, 0.05) is 0 Å². The van der Waals surface area contributed by atoms with Gasteiger partial charge in [-0.3, -0.25) is 0 Å². The van der Waals surface area contributed by atoms with Crippen molar-refractivity contribution in [3.8, 4) is 9.75 Å². The van der Waals surface area contributed by atoms with E-state index in [-0.39, 0.29) is 0 Å². The molecule has 0 fully saturated rings. The number of thiophene rings is 2. The molecule has 0 aromatic carbocycles. The van der Waals surface area contributed by atoms with E-state index in [2.05, 4.69) is 77.3 Å². The second kappa shape index (κ2) is 8.04. The summed E-state index contributed by atoms with van der Waals surface area (Å²) in [6.07, 6.45) is 5.54. The van der Waals surface area contributed by atoms with Gasteiger partial charge in [-0.25, -0.2) is 0 Å². The molecular weight excluding hydrogens is 475 g/mol. The first-order valence-corrected chi connectivity index (χ1v) is 24.6. The second-order valence-corrected chi connectivity index (χ2v) is 31.3. The van der Waals surface area contributed by atoms with Crippen LogP contribution in [0.4, 0.5) is 0 Å². The summed E-state index contributed by atoms with van der Waals surface area (Å²) in [5, 5.41) is 3.66. The number of unbranched alkanes of at least 4 members (excludes halogenated alkanes) is 1. The van der Waals surface area contributed by atoms with Crippen molar-refractivity contribution in [1.29, 1.82) is 0 Å². The molecule has 0 N–H and O–H groups in total. The SMILES string of the molecule is CCCCC(CC)C[Si]1(CC)c2cc(C)sc2-c2s[c]([Sn]([CH3])([CH3])[CH3])cc21. The van der Waals surface area contributed by atoms with Crippen LogP contribution in [0.1, 0.15) is 51.3 Å². The van der Waals surface area contributed by atoms with Crippen LogP contribution in [0.15, 0.2) is 12.1 Å². The van der Waals surface area contributed by atoms with Crippen molar-refractivity contribution in [2.45, 2.75) is 80.3 Å². The normalized spacial score (nSPS) is 20.3. The fourth-order valence-electron chi connectivity index (χ4n) is 4.65. The van der Waals surface area contributed by atoms with Crippen LogP contribution in [-0.2, 0) is 0 Å². The Balaban J connectivity index is 2.11. The van der Waals surface area contributed by atoms with Crippen LogP contribution >= 0.6 is 22.7 Å². The number of aryl methyl sites for hydroxylation is 1. The molecule has 0 saturated heterocycles. The van der Waals surface area contributed by atoms with Gasteiger partial charge in [0.25, 0.3) is 0 Å². The number of rotatable bonds is 8. The van der Waals surface area contributed by atoms with E-state index in [1.54, 1.807) is 12.6 Å². The van der Waals surface area contributed by atoms with Gasteiger partial charge in [-0.05, 0) is 0 Å². The summed E-state index contributed by atoms with van der Waals surface area (Å²) in [5.74, 6) is 0.919. The van der Waals surface area contributed by atoms with Crippen LogP contribution in [-0.4, -0.2) is 26.5 Å². The van der Waals surface area contributed by atoms with Gasteiger partial charge in [-0.15, -0.1) is 0 Å². The second-order valence-electron chi connectivity index (χ2n) is 9.26. The van der Waals surface area contributed by atoms with Gasteiger partial charge in [-0.1, -0.05) is 0 Å². The Kier molecular flexibility index (Phi) is 6.53. The maximum absolute atomic E-state index is 2.74. The van der Waals surface area contributed by atoms with Crippen molar-refractivity contribution in [3.63, 3.8) is 0 Å². The molecular formula is C22H36S2SiSn. The van der Waals surface area contributed by atoms with Crippen LogP contribution in [0.3, 0.4) is 0 Å². The summed E-state index contributed by atoms with van der Waals surface area (Å²) in [6.45, 7) is 9.60. The maximum atomic E-state index is 2.74. The van der Waals surface area contributed by atoms with Gasteiger partial charge in [0.15, 0.2) is 0 Å². The average Bonchev–Trinajstić information content (AvgIpc) is 3.23. The van der Waals surface area contributed by atoms with Crippen LogP contribution < -0.4 is 13.3 Å². The topological polar surface area (TPSA) is 0 Å². The van der Waals surface area contributed by atoms with Crippen LogP contribution in [0, 0.1) is 12.8 Å². The van der Waals surface area contributed by atoms with Gasteiger partial charge < -0.3 is 0 Å². The van der Waals surface area contributed by atoms with Gasteiger partial charge in [-0.2, -0.15) is 0 Å². The van der Waals surface area contributed by atoms with Crippen LogP contribution in [0.5, 0.6) is 0 Å². The summed E-state index contributed by atoms with van der Waals surface area (Å²) in [5.41, 5.74) is 0. The van der Waals surface area contributed by atoms with Crippen LogP contribution in [0.25, 0.3) is 9.75 Å². The Morgan fingerprint density at radius 2 is 1.65 bits per heavy atom. The zero-order valence-corrected chi connectivity index (χ0v) is 23.3. The quantitative estimate of drug-likeness (QED) is 0.358. The first-order chi connectivity index (χ1) is 12.3. The molecule has 3 heterocycles. The summed E-state index contributed by atoms with van der Waals surface area (Å²) in [6, 6.07) is 8.21. The molecule has 0 aliphatic carbocycles. The Bertz CT molecular complexity index is 768. The Labute approximate surface area is 174 Å². The van der Waals surface area contributed by atoms with E-state index in [1.165, 1.54) is 42.6 Å². The molecule has 2 aromatic rings. The molecule has 2 unspecified atom stereocenters. The molecule has 2 aromatic heterocycles. The van der Waals surface area contributed by atoms with Gasteiger partial charge >= 0.3 is 175 Å². The van der Waals surface area contributed by atoms with Gasteiger partial charge in [0.2, 0.25) is 0 Å². The molecule has 3 rings (SSSR count). The zero-order valence-electron chi connectivity index (χ0n) is 17.8. The molecule has 0 saturated carbocycles. The predicted molar refractivity (Wildman–Crippen MR) is 129 cm³/mol. The third-order valence-corrected chi connectivity index (χ3v) is 23.8. The van der Waals surface area contributed by atoms with E-state index in [4.69, 9.17) is 0 Å². The van der Waals surface area contributed by atoms with E-state index < -0.39 is 26.5 Å². The molecule has 0 bridgehead atoms. The van der Waals surface area contributed by atoms with Crippen molar-refractivity contribution in [3.05, 3.63) is 17.0 Å². The standard InChI is InChI=1S/C19H27S2Si.3CH3.Sn/c1-5-8-9-15(6-2)13-22(7-3)16-10-11-20-18(16)19-17(22)12-14(4)21-19;;;;/h10,12,15H,5-9,13H2,1-4H3;3*1H3;. The van der Waals surface area contributed by atoms with Crippen molar-refractivity contribution < 1.29 is 0 Å². The van der Waals surface area contributed by atoms with Crippen molar-refractivity contribution in [2.75, 3.05) is 0 Å². The van der Waals surface area contributed by atoms with E-state index in [9.17, 15) is 0 Å². The molecule has 144 valence electrons. The molecule has 1 aliphatic heterocycles. The summed E-state index contributed by atoms with van der Waals surface area (Å²) >= 11 is 2.27. The molecule has 0 spiro atoms. The molecule has 0 radical (unpaired) electrons. The zero-order chi connectivity index (χ0) is 19.1. The monoisotopic (exact) mass is 512 g/mol. The first kappa shape index (κ1) is 21.1. The van der Waals surface area contributed by atoms with Gasteiger partial charge in [0.05, 0.1) is 0 Å². The minimum absolute atomic E-state index is 0.919. The van der Waals surface area contributed by atoms with E-state index in [1.807, 2.05) is 10.4 Å². The molecule has 4 heteroatoms. The minimum atomic E-state index is -2.01. The van der Waals surface area contributed by atoms with Crippen LogP contribution in [0.2, 0.25) is 26.9 Å². The Morgan fingerprint density at radius 3 is 2.23 bits per heavy atom. The molecule has 26 heavy (non-hydrogen) atoms. The fourth-order valence-corrected chi connectivity index (χ4v) is 19.6. The van der Waals surface area contributed by atoms with Crippen molar-refractivity contribution in [2.24, 2.45) is 5.92 Å². The van der Waals surface area contributed by atoms with E-state index >= 15 is 0 Å². The summed E-state index contributed by atoms with van der Waals surface area (Å²) in [4.78, 5) is 12.7. The van der Waals surface area contributed by atoms with Crippen molar-refractivity contribution >= 4 is 62.4 Å². The summed E-state index contributed by atoms with van der Waals surface area (Å²) < 4.78 is 1.80. The van der Waals surface area contributed by atoms with E-state index in [0.29, 0.717) is 0 Å². The molecule has 0 amide bonds. The van der Waals surface area contributed by atoms with Gasteiger partial charge in [0.1, 0.15) is 0 Å². The Hall–Kier alpha value is 0.416. The molecule has 1 aliphatic rings. The summed E-state index contributed by atoms with van der Waals surface area (Å²) in [7, 11) is -1.56. The Morgan fingerprint density at radius 1 is 1.00 bits per heavy atom. The fraction of sp³-hybridized carbons (Fsp3) is 0.636. The third kappa shape index (κ3) is 3.67. The molecule has 2 atom stereocenters. The number of fused-ring (bicyclic) bond motifs is 3. The predicted octanol–water partition coefficient (Wildman–Crippen LogP) is 6.44. The van der Waals surface area contributed by atoms with E-state index in [0.717, 1.165) is 5.92 Å². The molecule has 0 nitrogen and oxygen atoms in total.